The van der Waals surface area contributed by atoms with E-state index in [2.05, 4.69) is 5.10 Å². The molecule has 6 nitrogen and oxygen atoms in total. The van der Waals surface area contributed by atoms with Crippen molar-refractivity contribution in [1.29, 1.82) is 0 Å². The molecule has 0 saturated heterocycles. The maximum Gasteiger partial charge on any atom is 0.342 e. The third kappa shape index (κ3) is 2.44. The van der Waals surface area contributed by atoms with Crippen molar-refractivity contribution in [2.24, 2.45) is 0 Å². The number of nitrogens with zero attached hydrogens (tertiary/aromatic N) is 2. The number of esters is 1. The number of hydrogen-bond donors (Lipinski definition) is 0. The zero-order chi connectivity index (χ0) is 15.0. The number of ether oxygens (including phenoxy) is 1. The fraction of sp³-hybridized carbons (Fsp3) is 0.286. The van der Waals surface area contributed by atoms with Crippen LogP contribution in [0, 0.1) is 0 Å². The first-order valence-electron chi connectivity index (χ1n) is 6.54. The van der Waals surface area contributed by atoms with Crippen LogP contribution in [0.4, 0.5) is 0 Å². The molecule has 0 atom stereocenters. The average molecular weight is 306 g/mol. The molecule has 0 spiro atoms. The number of carbonyl (C=O) groups is 1. The Balaban J connectivity index is 2.17. The zero-order valence-electron chi connectivity index (χ0n) is 11.4. The van der Waals surface area contributed by atoms with Gasteiger partial charge in [0.1, 0.15) is 17.1 Å². The number of carbonyl (C=O) groups excluding carboxylic acids is 1. The van der Waals surface area contributed by atoms with E-state index in [1.54, 1.807) is 6.92 Å². The highest BCUT2D eigenvalue weighted by molar-refractivity contribution is 7.89. The minimum Gasteiger partial charge on any atom is -0.462 e. The van der Waals surface area contributed by atoms with Crippen LogP contribution in [0.1, 0.15) is 23.0 Å². The average Bonchev–Trinajstić information content (AvgIpc) is 2.91. The van der Waals surface area contributed by atoms with Gasteiger partial charge in [-0.3, -0.25) is 4.68 Å². The summed E-state index contributed by atoms with van der Waals surface area (Å²) in [5, 5.41) is 4.30. The van der Waals surface area contributed by atoms with E-state index in [-0.39, 0.29) is 23.8 Å². The maximum atomic E-state index is 12.2. The lowest BCUT2D eigenvalue weighted by Crippen LogP contribution is -2.09. The molecule has 1 aliphatic heterocycles. The van der Waals surface area contributed by atoms with Crippen LogP contribution in [0.5, 0.6) is 0 Å². The van der Waals surface area contributed by atoms with Crippen molar-refractivity contribution < 1.29 is 17.9 Å². The van der Waals surface area contributed by atoms with Gasteiger partial charge in [-0.05, 0) is 6.92 Å². The molecule has 1 aromatic carbocycles. The van der Waals surface area contributed by atoms with Gasteiger partial charge < -0.3 is 4.74 Å². The fourth-order valence-corrected chi connectivity index (χ4v) is 3.79. The van der Waals surface area contributed by atoms with Gasteiger partial charge in [-0.1, -0.05) is 30.3 Å². The van der Waals surface area contributed by atoms with Gasteiger partial charge in [0.2, 0.25) is 0 Å². The molecule has 110 valence electrons. The van der Waals surface area contributed by atoms with Crippen molar-refractivity contribution in [2.75, 3.05) is 6.61 Å². The minimum atomic E-state index is -3.24. The summed E-state index contributed by atoms with van der Waals surface area (Å²) in [7, 11) is -3.24. The third-order valence-corrected chi connectivity index (χ3v) is 4.61. The molecule has 2 heterocycles. The zero-order valence-corrected chi connectivity index (χ0v) is 12.3. The van der Waals surface area contributed by atoms with Crippen molar-refractivity contribution in [3.63, 3.8) is 0 Å². The summed E-state index contributed by atoms with van der Waals surface area (Å²) in [6.45, 7) is 1.94. The molecular formula is C14H14N2O4S. The molecule has 0 amide bonds. The monoisotopic (exact) mass is 306 g/mol. The lowest BCUT2D eigenvalue weighted by Gasteiger charge is -2.04. The van der Waals surface area contributed by atoms with Gasteiger partial charge >= 0.3 is 5.97 Å². The number of fused-ring (bicyclic) bond motifs is 1. The number of sulfone groups is 1. The van der Waals surface area contributed by atoms with Crippen LogP contribution in [-0.2, 0) is 26.2 Å². The summed E-state index contributed by atoms with van der Waals surface area (Å²) in [5.74, 6) is -0.905. The van der Waals surface area contributed by atoms with Crippen LogP contribution >= 0.6 is 0 Å². The van der Waals surface area contributed by atoms with Crippen LogP contribution in [0.3, 0.4) is 0 Å². The van der Waals surface area contributed by atoms with Gasteiger partial charge in [-0.25, -0.2) is 13.2 Å². The third-order valence-electron chi connectivity index (χ3n) is 3.26. The van der Waals surface area contributed by atoms with E-state index in [0.29, 0.717) is 11.4 Å². The largest absolute Gasteiger partial charge is 0.462 e. The van der Waals surface area contributed by atoms with E-state index < -0.39 is 15.8 Å². The minimum absolute atomic E-state index is 0.180. The van der Waals surface area contributed by atoms with Gasteiger partial charge in [-0.2, -0.15) is 5.10 Å². The predicted molar refractivity (Wildman–Crippen MR) is 76.2 cm³/mol. The van der Waals surface area contributed by atoms with E-state index in [1.165, 1.54) is 4.68 Å². The van der Waals surface area contributed by atoms with Gasteiger partial charge in [0.25, 0.3) is 0 Å². The summed E-state index contributed by atoms with van der Waals surface area (Å²) < 4.78 is 29.9. The Kier molecular flexibility index (Phi) is 3.29. The molecule has 3 rings (SSSR count). The van der Waals surface area contributed by atoms with Crippen LogP contribution in [0.2, 0.25) is 0 Å². The van der Waals surface area contributed by atoms with Crippen molar-refractivity contribution in [2.45, 2.75) is 18.6 Å². The molecule has 0 aliphatic carbocycles. The Morgan fingerprint density at radius 1 is 1.33 bits per heavy atom. The van der Waals surface area contributed by atoms with Crippen molar-refractivity contribution in [1.82, 2.24) is 9.78 Å². The quantitative estimate of drug-likeness (QED) is 0.805. The number of hydrogen-bond acceptors (Lipinski definition) is 5. The smallest absolute Gasteiger partial charge is 0.342 e. The maximum absolute atomic E-state index is 12.2. The lowest BCUT2D eigenvalue weighted by molar-refractivity contribution is 0.0526. The first kappa shape index (κ1) is 13.8. The van der Waals surface area contributed by atoms with Crippen molar-refractivity contribution in [3.8, 4) is 11.3 Å². The van der Waals surface area contributed by atoms with Crippen LogP contribution in [0.15, 0.2) is 30.3 Å². The molecule has 0 unspecified atom stereocenters. The highest BCUT2D eigenvalue weighted by Gasteiger charge is 2.34. The van der Waals surface area contributed by atoms with Crippen molar-refractivity contribution in [3.05, 3.63) is 41.6 Å². The Morgan fingerprint density at radius 3 is 2.71 bits per heavy atom. The standard InChI is InChI=1S/C14H14N2O4S/c1-2-20-14(17)12-11-8-21(18,19)9-16(11)15-13(12)10-6-4-3-5-7-10/h3-7H,2,8-9H2,1H3. The number of aromatic nitrogens is 2. The molecule has 0 N–H and O–H groups in total. The van der Waals surface area contributed by atoms with E-state index in [0.717, 1.165) is 5.56 Å². The van der Waals surface area contributed by atoms with Crippen molar-refractivity contribution >= 4 is 15.8 Å². The highest BCUT2D eigenvalue weighted by Crippen LogP contribution is 2.31. The van der Waals surface area contributed by atoms with Crippen LogP contribution < -0.4 is 0 Å². The first-order chi connectivity index (χ1) is 10.0. The fourth-order valence-electron chi connectivity index (χ4n) is 2.41. The molecule has 2 aromatic rings. The van der Waals surface area contributed by atoms with Gasteiger partial charge in [0.15, 0.2) is 9.84 Å². The van der Waals surface area contributed by atoms with Crippen LogP contribution in [0.25, 0.3) is 11.3 Å². The molecule has 0 saturated carbocycles. The first-order valence-corrected chi connectivity index (χ1v) is 8.36. The van der Waals surface area contributed by atoms with Crippen LogP contribution in [-0.4, -0.2) is 30.8 Å². The molecule has 7 heteroatoms. The normalized spacial score (nSPS) is 15.7. The summed E-state index contributed by atoms with van der Waals surface area (Å²) >= 11 is 0. The summed E-state index contributed by atoms with van der Waals surface area (Å²) in [5.41, 5.74) is 1.90. The van der Waals surface area contributed by atoms with E-state index >= 15 is 0 Å². The number of rotatable bonds is 3. The molecular weight excluding hydrogens is 292 g/mol. The van der Waals surface area contributed by atoms with E-state index in [9.17, 15) is 13.2 Å². The second-order valence-corrected chi connectivity index (χ2v) is 6.81. The molecule has 1 aromatic heterocycles. The Morgan fingerprint density at radius 2 is 2.05 bits per heavy atom. The summed E-state index contributed by atoms with van der Waals surface area (Å²) in [6.07, 6.45) is 0. The Bertz CT molecular complexity index is 794. The molecule has 0 bridgehead atoms. The van der Waals surface area contributed by atoms with E-state index in [1.807, 2.05) is 30.3 Å². The SMILES string of the molecule is CCOC(=O)c1c(-c2ccccc2)nn2c1CS(=O)(=O)C2. The Labute approximate surface area is 122 Å². The highest BCUT2D eigenvalue weighted by atomic mass is 32.2. The Hall–Kier alpha value is -2.15. The molecule has 1 aliphatic rings. The molecule has 0 radical (unpaired) electrons. The second-order valence-electron chi connectivity index (χ2n) is 4.77. The van der Waals surface area contributed by atoms with Gasteiger partial charge in [0.05, 0.1) is 18.1 Å². The predicted octanol–water partition coefficient (Wildman–Crippen LogP) is 1.61. The topological polar surface area (TPSA) is 78.3 Å². The lowest BCUT2D eigenvalue weighted by atomic mass is 10.1. The van der Waals surface area contributed by atoms with Gasteiger partial charge in [0, 0.05) is 5.56 Å². The second kappa shape index (κ2) is 5.00. The summed E-state index contributed by atoms with van der Waals surface area (Å²) in [6, 6.07) is 9.20. The number of benzene rings is 1. The molecule has 0 fully saturated rings. The summed E-state index contributed by atoms with van der Waals surface area (Å²) in [4.78, 5) is 12.2. The van der Waals surface area contributed by atoms with E-state index in [4.69, 9.17) is 4.74 Å². The molecule has 21 heavy (non-hydrogen) atoms. The van der Waals surface area contributed by atoms with Gasteiger partial charge in [-0.15, -0.1) is 0 Å².